The van der Waals surface area contributed by atoms with Gasteiger partial charge in [0.2, 0.25) is 10.0 Å². The molecule has 2 aromatic rings. The van der Waals surface area contributed by atoms with Crippen LogP contribution in [0.1, 0.15) is 24.0 Å². The lowest BCUT2D eigenvalue weighted by Gasteiger charge is -2.32. The van der Waals surface area contributed by atoms with Crippen molar-refractivity contribution < 1.29 is 21.6 Å². The summed E-state index contributed by atoms with van der Waals surface area (Å²) in [5, 5.41) is 0. The number of hydrogen-bond acceptors (Lipinski definition) is 4. The zero-order chi connectivity index (χ0) is 20.4. The van der Waals surface area contributed by atoms with Crippen LogP contribution >= 0.6 is 15.9 Å². The first kappa shape index (κ1) is 21.2. The Hall–Kier alpha value is -1.49. The molecule has 1 N–H and O–H groups in total. The van der Waals surface area contributed by atoms with Gasteiger partial charge in [-0.25, -0.2) is 13.1 Å². The Morgan fingerprint density at radius 2 is 1.79 bits per heavy atom. The third-order valence-corrected chi connectivity index (χ3v) is 6.67. The predicted octanol–water partition coefficient (Wildman–Crippen LogP) is 3.81. The van der Waals surface area contributed by atoms with E-state index < -0.39 is 32.7 Å². The van der Waals surface area contributed by atoms with Gasteiger partial charge in [-0.1, -0.05) is 15.9 Å². The highest BCUT2D eigenvalue weighted by atomic mass is 79.9. The fraction of sp³-hybridized carbons (Fsp3) is 0.389. The number of benzene rings is 1. The SMILES string of the molecule is O=S(=O)(NC1CCN(Cc2ccncc2)CC1)c1ccc(Br)cc1C(F)(F)F. The molecule has 3 rings (SSSR count). The molecule has 1 fully saturated rings. The minimum Gasteiger partial charge on any atom is -0.299 e. The third-order valence-electron chi connectivity index (χ3n) is 4.60. The highest BCUT2D eigenvalue weighted by Gasteiger charge is 2.38. The fourth-order valence-electron chi connectivity index (χ4n) is 3.20. The van der Waals surface area contributed by atoms with Crippen LogP contribution in [0.2, 0.25) is 0 Å². The lowest BCUT2D eigenvalue weighted by molar-refractivity contribution is -0.139. The van der Waals surface area contributed by atoms with Crippen LogP contribution in [0.3, 0.4) is 0 Å². The number of piperidine rings is 1. The molecular weight excluding hydrogens is 459 g/mol. The molecule has 0 atom stereocenters. The second kappa shape index (κ2) is 8.48. The number of nitrogens with one attached hydrogen (secondary N) is 1. The van der Waals surface area contributed by atoms with Crippen LogP contribution in [0.4, 0.5) is 13.2 Å². The van der Waals surface area contributed by atoms with Crippen molar-refractivity contribution in [2.75, 3.05) is 13.1 Å². The molecule has 0 radical (unpaired) electrons. The molecule has 2 heterocycles. The summed E-state index contributed by atoms with van der Waals surface area (Å²) in [6, 6.07) is 6.49. The van der Waals surface area contributed by atoms with Gasteiger partial charge in [0.05, 0.1) is 10.5 Å². The third kappa shape index (κ3) is 5.31. The van der Waals surface area contributed by atoms with E-state index in [0.29, 0.717) is 25.9 Å². The van der Waals surface area contributed by atoms with E-state index >= 15 is 0 Å². The summed E-state index contributed by atoms with van der Waals surface area (Å²) >= 11 is 2.96. The highest BCUT2D eigenvalue weighted by molar-refractivity contribution is 9.10. The van der Waals surface area contributed by atoms with Crippen molar-refractivity contribution in [3.05, 3.63) is 58.3 Å². The number of pyridine rings is 1. The fourth-order valence-corrected chi connectivity index (χ4v) is 5.07. The van der Waals surface area contributed by atoms with Gasteiger partial charge in [-0.15, -0.1) is 0 Å². The van der Waals surface area contributed by atoms with Gasteiger partial charge in [0, 0.05) is 42.5 Å². The summed E-state index contributed by atoms with van der Waals surface area (Å²) in [5.41, 5.74) is -0.0665. The van der Waals surface area contributed by atoms with E-state index in [4.69, 9.17) is 0 Å². The first-order valence-corrected chi connectivity index (χ1v) is 10.9. The van der Waals surface area contributed by atoms with Gasteiger partial charge in [0.1, 0.15) is 0 Å². The number of aromatic nitrogens is 1. The normalized spacial score (nSPS) is 17.0. The summed E-state index contributed by atoms with van der Waals surface area (Å²) in [6.45, 7) is 2.04. The molecule has 1 aromatic carbocycles. The molecule has 0 bridgehead atoms. The van der Waals surface area contributed by atoms with Crippen molar-refractivity contribution in [3.63, 3.8) is 0 Å². The lowest BCUT2D eigenvalue weighted by Crippen LogP contribution is -2.44. The van der Waals surface area contributed by atoms with Gasteiger partial charge in [-0.3, -0.25) is 9.88 Å². The molecule has 0 aliphatic carbocycles. The van der Waals surface area contributed by atoms with Crippen molar-refractivity contribution in [3.8, 4) is 0 Å². The van der Waals surface area contributed by atoms with Crippen LogP contribution in [0, 0.1) is 0 Å². The van der Waals surface area contributed by atoms with Gasteiger partial charge in [-0.05, 0) is 48.7 Å². The van der Waals surface area contributed by atoms with Gasteiger partial charge < -0.3 is 0 Å². The van der Waals surface area contributed by atoms with Gasteiger partial charge in [-0.2, -0.15) is 13.2 Å². The smallest absolute Gasteiger partial charge is 0.299 e. The topological polar surface area (TPSA) is 62.3 Å². The molecule has 1 aliphatic rings. The van der Waals surface area contributed by atoms with E-state index in [0.717, 1.165) is 24.2 Å². The molecule has 5 nitrogen and oxygen atoms in total. The number of hydrogen-bond donors (Lipinski definition) is 1. The molecule has 1 aliphatic heterocycles. The quantitative estimate of drug-likeness (QED) is 0.711. The Kier molecular flexibility index (Phi) is 6.43. The Morgan fingerprint density at radius 1 is 1.14 bits per heavy atom. The maximum atomic E-state index is 13.3. The lowest BCUT2D eigenvalue weighted by atomic mass is 10.1. The minimum atomic E-state index is -4.76. The Bertz CT molecular complexity index is 915. The molecule has 1 aromatic heterocycles. The molecule has 28 heavy (non-hydrogen) atoms. The van der Waals surface area contributed by atoms with Crippen molar-refractivity contribution in [2.24, 2.45) is 0 Å². The van der Waals surface area contributed by atoms with Crippen LogP contribution in [0.25, 0.3) is 0 Å². The largest absolute Gasteiger partial charge is 0.417 e. The average Bonchev–Trinajstić information content (AvgIpc) is 2.63. The maximum Gasteiger partial charge on any atom is 0.417 e. The average molecular weight is 478 g/mol. The van der Waals surface area contributed by atoms with Crippen LogP contribution in [-0.2, 0) is 22.7 Å². The van der Waals surface area contributed by atoms with E-state index in [2.05, 4.69) is 30.5 Å². The number of sulfonamides is 1. The van der Waals surface area contributed by atoms with E-state index in [9.17, 15) is 21.6 Å². The summed E-state index contributed by atoms with van der Waals surface area (Å²) in [5.74, 6) is 0. The summed E-state index contributed by atoms with van der Waals surface area (Å²) in [6.07, 6.45) is -0.272. The number of rotatable bonds is 5. The molecule has 0 amide bonds. The Morgan fingerprint density at radius 3 is 2.39 bits per heavy atom. The zero-order valence-electron chi connectivity index (χ0n) is 14.8. The molecule has 10 heteroatoms. The van der Waals surface area contributed by atoms with Gasteiger partial charge in [0.25, 0.3) is 0 Å². The maximum absolute atomic E-state index is 13.3. The molecule has 0 unspecified atom stereocenters. The first-order chi connectivity index (χ1) is 13.1. The molecular formula is C18H19BrF3N3O2S. The molecule has 1 saturated heterocycles. The van der Waals surface area contributed by atoms with Gasteiger partial charge >= 0.3 is 6.18 Å². The van der Waals surface area contributed by atoms with E-state index in [1.165, 1.54) is 6.07 Å². The predicted molar refractivity (Wildman–Crippen MR) is 102 cm³/mol. The van der Waals surface area contributed by atoms with E-state index in [1.54, 1.807) is 12.4 Å². The number of alkyl halides is 3. The number of nitrogens with zero attached hydrogens (tertiary/aromatic N) is 2. The second-order valence-electron chi connectivity index (χ2n) is 6.67. The van der Waals surface area contributed by atoms with Crippen molar-refractivity contribution >= 4 is 26.0 Å². The zero-order valence-corrected chi connectivity index (χ0v) is 17.2. The van der Waals surface area contributed by atoms with E-state index in [1.807, 2.05) is 12.1 Å². The number of likely N-dealkylation sites (tertiary alicyclic amines) is 1. The van der Waals surface area contributed by atoms with Gasteiger partial charge in [0.15, 0.2) is 0 Å². The molecule has 0 spiro atoms. The Labute approximate surface area is 170 Å². The number of halogens is 4. The Balaban J connectivity index is 1.66. The van der Waals surface area contributed by atoms with Crippen molar-refractivity contribution in [1.82, 2.24) is 14.6 Å². The second-order valence-corrected chi connectivity index (χ2v) is 9.26. The van der Waals surface area contributed by atoms with Crippen molar-refractivity contribution in [1.29, 1.82) is 0 Å². The van der Waals surface area contributed by atoms with Crippen LogP contribution in [-0.4, -0.2) is 37.4 Å². The molecule has 0 saturated carbocycles. The van der Waals surface area contributed by atoms with Crippen LogP contribution in [0.15, 0.2) is 52.1 Å². The monoisotopic (exact) mass is 477 g/mol. The summed E-state index contributed by atoms with van der Waals surface area (Å²) in [4.78, 5) is 5.40. The standard InChI is InChI=1S/C18H19BrF3N3O2S/c19-14-1-2-17(16(11-14)18(20,21)22)28(26,27)24-15-5-9-25(10-6-15)12-13-3-7-23-8-4-13/h1-4,7-8,11,15,24H,5-6,9-10,12H2. The van der Waals surface area contributed by atoms with Crippen LogP contribution in [0.5, 0.6) is 0 Å². The first-order valence-electron chi connectivity index (χ1n) is 8.65. The van der Waals surface area contributed by atoms with E-state index in [-0.39, 0.29) is 4.47 Å². The minimum absolute atomic E-state index is 0.170. The summed E-state index contributed by atoms with van der Waals surface area (Å²) < 4.78 is 67.6. The van der Waals surface area contributed by atoms with Crippen LogP contribution < -0.4 is 4.72 Å². The highest BCUT2D eigenvalue weighted by Crippen LogP contribution is 2.36. The van der Waals surface area contributed by atoms with Crippen molar-refractivity contribution in [2.45, 2.75) is 36.5 Å². The molecule has 152 valence electrons. The summed E-state index contributed by atoms with van der Waals surface area (Å²) in [7, 11) is -4.28.